The van der Waals surface area contributed by atoms with E-state index >= 15 is 0 Å². The summed E-state index contributed by atoms with van der Waals surface area (Å²) in [5.41, 5.74) is 2.39. The number of aromatic nitrogens is 1. The number of rotatable bonds is 7. The van der Waals surface area contributed by atoms with Gasteiger partial charge in [0.2, 0.25) is 5.91 Å². The smallest absolute Gasteiger partial charge is 0.338 e. The van der Waals surface area contributed by atoms with Gasteiger partial charge in [-0.1, -0.05) is 24.3 Å². The van der Waals surface area contributed by atoms with E-state index < -0.39 is 15.8 Å². The summed E-state index contributed by atoms with van der Waals surface area (Å²) >= 11 is 1.30. The summed E-state index contributed by atoms with van der Waals surface area (Å²) in [7, 11) is -3.42. The molecule has 0 unspecified atom stereocenters. The second-order valence-corrected chi connectivity index (χ2v) is 9.61. The minimum absolute atomic E-state index is 0.0487. The number of esters is 1. The summed E-state index contributed by atoms with van der Waals surface area (Å²) in [6, 6.07) is 13.2. The minimum Gasteiger partial charge on any atom is -0.456 e. The second-order valence-electron chi connectivity index (χ2n) is 6.65. The number of anilines is 1. The fourth-order valence-corrected chi connectivity index (χ4v) is 4.06. The molecular weight excluding hydrogens is 424 g/mol. The van der Waals surface area contributed by atoms with Crippen LogP contribution in [0.15, 0.2) is 58.8 Å². The zero-order valence-corrected chi connectivity index (χ0v) is 18.0. The third-order valence-electron chi connectivity index (χ3n) is 4.18. The molecule has 1 N–H and O–H groups in total. The summed E-state index contributed by atoms with van der Waals surface area (Å²) in [6.45, 7) is 1.84. The number of aryl methyl sites for hydroxylation is 1. The van der Waals surface area contributed by atoms with Crippen molar-refractivity contribution in [1.29, 1.82) is 0 Å². The summed E-state index contributed by atoms with van der Waals surface area (Å²) < 4.78 is 28.5. The minimum atomic E-state index is -3.42. The molecule has 0 fully saturated rings. The lowest BCUT2D eigenvalue weighted by molar-refractivity contribution is -0.115. The molecule has 0 saturated heterocycles. The molecule has 0 aliphatic carbocycles. The Morgan fingerprint density at radius 1 is 1.13 bits per heavy atom. The van der Waals surface area contributed by atoms with Gasteiger partial charge in [0.1, 0.15) is 11.6 Å². The topological polar surface area (TPSA) is 102 Å². The Morgan fingerprint density at radius 2 is 1.90 bits per heavy atom. The zero-order valence-electron chi connectivity index (χ0n) is 16.4. The van der Waals surface area contributed by atoms with E-state index in [2.05, 4.69) is 10.3 Å². The zero-order chi connectivity index (χ0) is 21.7. The van der Waals surface area contributed by atoms with Crippen LogP contribution in [-0.2, 0) is 32.4 Å². The van der Waals surface area contributed by atoms with Crippen LogP contribution in [0.1, 0.15) is 26.6 Å². The van der Waals surface area contributed by atoms with Crippen LogP contribution in [0.5, 0.6) is 0 Å². The van der Waals surface area contributed by atoms with E-state index in [1.807, 2.05) is 31.2 Å². The van der Waals surface area contributed by atoms with Crippen molar-refractivity contribution in [2.75, 3.05) is 11.6 Å². The number of amides is 1. The molecule has 1 amide bonds. The van der Waals surface area contributed by atoms with E-state index in [1.54, 1.807) is 5.38 Å². The normalized spacial score (nSPS) is 11.1. The Bertz CT molecular complexity index is 1190. The molecule has 0 aliphatic heterocycles. The third kappa shape index (κ3) is 5.74. The van der Waals surface area contributed by atoms with Crippen molar-refractivity contribution in [2.45, 2.75) is 24.8 Å². The summed E-state index contributed by atoms with van der Waals surface area (Å²) in [5.74, 6) is -0.827. The number of carbonyl (C=O) groups excluding carboxylic acids is 2. The molecule has 3 aromatic rings. The van der Waals surface area contributed by atoms with E-state index in [0.29, 0.717) is 10.7 Å². The van der Waals surface area contributed by atoms with E-state index in [0.717, 1.165) is 17.5 Å². The second kappa shape index (κ2) is 9.19. The molecule has 7 nitrogen and oxygen atoms in total. The standard InChI is InChI=1S/C21H20N2O5S2/c1-14-6-3-4-9-18(14)23-19(24)11-20-22-16(13-29-20)12-28-21(25)15-7-5-8-17(10-15)30(2,26)27/h3-10,13H,11-12H2,1-2H3,(H,23,24). The lowest BCUT2D eigenvalue weighted by atomic mass is 10.2. The van der Waals surface area contributed by atoms with Gasteiger partial charge in [0.15, 0.2) is 9.84 Å². The Balaban J connectivity index is 1.56. The Morgan fingerprint density at radius 3 is 2.63 bits per heavy atom. The first-order chi connectivity index (χ1) is 14.2. The first kappa shape index (κ1) is 21.7. The molecule has 1 aromatic heterocycles. The van der Waals surface area contributed by atoms with Gasteiger partial charge in [0.25, 0.3) is 0 Å². The number of hydrogen-bond donors (Lipinski definition) is 1. The van der Waals surface area contributed by atoms with Crippen LogP contribution in [0.4, 0.5) is 5.69 Å². The molecular formula is C21H20N2O5S2. The number of hydrogen-bond acceptors (Lipinski definition) is 7. The average Bonchev–Trinajstić information content (AvgIpc) is 3.14. The lowest BCUT2D eigenvalue weighted by Gasteiger charge is -2.06. The molecule has 0 aliphatic rings. The number of sulfone groups is 1. The molecule has 0 spiro atoms. The first-order valence-electron chi connectivity index (χ1n) is 8.98. The summed E-state index contributed by atoms with van der Waals surface area (Å²) in [5, 5.41) is 5.17. The summed E-state index contributed by atoms with van der Waals surface area (Å²) in [4.78, 5) is 28.8. The molecule has 0 saturated carbocycles. The third-order valence-corrected chi connectivity index (χ3v) is 6.19. The molecule has 0 atom stereocenters. The van der Waals surface area contributed by atoms with Gasteiger partial charge in [0.05, 0.1) is 22.6 Å². The number of para-hydroxylation sites is 1. The Labute approximate surface area is 178 Å². The molecule has 156 valence electrons. The van der Waals surface area contributed by atoms with Crippen LogP contribution in [0.3, 0.4) is 0 Å². The van der Waals surface area contributed by atoms with Gasteiger partial charge in [-0.2, -0.15) is 0 Å². The number of thiazole rings is 1. The van der Waals surface area contributed by atoms with Crippen LogP contribution in [0.2, 0.25) is 0 Å². The Hall–Kier alpha value is -3.04. The fourth-order valence-electron chi connectivity index (χ4n) is 2.62. The highest BCUT2D eigenvalue weighted by atomic mass is 32.2. The van der Waals surface area contributed by atoms with E-state index in [-0.39, 0.29) is 29.4 Å². The van der Waals surface area contributed by atoms with Gasteiger partial charge in [-0.15, -0.1) is 11.3 Å². The predicted octanol–water partition coefficient (Wildman–Crippen LogP) is 3.39. The number of nitrogens with one attached hydrogen (secondary N) is 1. The van der Waals surface area contributed by atoms with Gasteiger partial charge < -0.3 is 10.1 Å². The van der Waals surface area contributed by atoms with Crippen molar-refractivity contribution in [1.82, 2.24) is 4.98 Å². The molecule has 30 heavy (non-hydrogen) atoms. The van der Waals surface area contributed by atoms with Crippen LogP contribution in [0, 0.1) is 6.92 Å². The maximum Gasteiger partial charge on any atom is 0.338 e. The molecule has 0 bridgehead atoms. The van der Waals surface area contributed by atoms with Gasteiger partial charge in [-0.25, -0.2) is 18.2 Å². The molecule has 3 rings (SSSR count). The van der Waals surface area contributed by atoms with Crippen LogP contribution >= 0.6 is 11.3 Å². The van der Waals surface area contributed by atoms with E-state index in [9.17, 15) is 18.0 Å². The van der Waals surface area contributed by atoms with Gasteiger partial charge in [0, 0.05) is 17.3 Å². The lowest BCUT2D eigenvalue weighted by Crippen LogP contribution is -2.15. The fraction of sp³-hybridized carbons (Fsp3) is 0.190. The number of nitrogens with zero attached hydrogens (tertiary/aromatic N) is 1. The van der Waals surface area contributed by atoms with Crippen LogP contribution in [-0.4, -0.2) is 31.5 Å². The number of ether oxygens (including phenoxy) is 1. The van der Waals surface area contributed by atoms with Crippen molar-refractivity contribution in [2.24, 2.45) is 0 Å². The Kier molecular flexibility index (Phi) is 6.63. The molecule has 2 aromatic carbocycles. The first-order valence-corrected chi connectivity index (χ1v) is 11.8. The van der Waals surface area contributed by atoms with Crippen molar-refractivity contribution in [3.63, 3.8) is 0 Å². The SMILES string of the molecule is Cc1ccccc1NC(=O)Cc1nc(COC(=O)c2cccc(S(C)(=O)=O)c2)cs1. The van der Waals surface area contributed by atoms with Crippen molar-refractivity contribution in [3.8, 4) is 0 Å². The van der Waals surface area contributed by atoms with Crippen molar-refractivity contribution >= 4 is 38.7 Å². The quantitative estimate of drug-likeness (QED) is 0.561. The molecule has 0 radical (unpaired) electrons. The molecule has 9 heteroatoms. The van der Waals surface area contributed by atoms with Crippen molar-refractivity contribution in [3.05, 3.63) is 75.7 Å². The van der Waals surface area contributed by atoms with Gasteiger partial charge >= 0.3 is 5.97 Å². The number of benzene rings is 2. The van der Waals surface area contributed by atoms with Gasteiger partial charge in [-0.05, 0) is 36.8 Å². The molecule has 1 heterocycles. The highest BCUT2D eigenvalue weighted by Gasteiger charge is 2.14. The predicted molar refractivity (Wildman–Crippen MR) is 114 cm³/mol. The van der Waals surface area contributed by atoms with Gasteiger partial charge in [-0.3, -0.25) is 4.79 Å². The maximum atomic E-state index is 12.2. The monoisotopic (exact) mass is 444 g/mol. The van der Waals surface area contributed by atoms with E-state index in [1.165, 1.54) is 35.6 Å². The van der Waals surface area contributed by atoms with Crippen LogP contribution < -0.4 is 5.32 Å². The largest absolute Gasteiger partial charge is 0.456 e. The average molecular weight is 445 g/mol. The number of carbonyl (C=O) groups is 2. The highest BCUT2D eigenvalue weighted by Crippen LogP contribution is 2.17. The van der Waals surface area contributed by atoms with Crippen LogP contribution in [0.25, 0.3) is 0 Å². The van der Waals surface area contributed by atoms with Crippen molar-refractivity contribution < 1.29 is 22.7 Å². The highest BCUT2D eigenvalue weighted by molar-refractivity contribution is 7.90. The summed E-state index contributed by atoms with van der Waals surface area (Å²) in [6.07, 6.45) is 1.19. The maximum absolute atomic E-state index is 12.2. The van der Waals surface area contributed by atoms with E-state index in [4.69, 9.17) is 4.74 Å².